The Balaban J connectivity index is 2.43. The van der Waals surface area contributed by atoms with Gasteiger partial charge in [-0.2, -0.15) is 5.10 Å². The summed E-state index contributed by atoms with van der Waals surface area (Å²) < 4.78 is 1.95. The van der Waals surface area contributed by atoms with E-state index in [-0.39, 0.29) is 0 Å². The maximum absolute atomic E-state index is 4.26. The van der Waals surface area contributed by atoms with Crippen molar-refractivity contribution >= 4 is 5.69 Å². The van der Waals surface area contributed by atoms with Crippen LogP contribution in [0.15, 0.2) is 12.4 Å². The zero-order valence-corrected chi connectivity index (χ0v) is 10.2. The molecule has 1 aromatic heterocycles. The second-order valence-electron chi connectivity index (χ2n) is 3.98. The predicted octanol–water partition coefficient (Wildman–Crippen LogP) is 3.28. The molecule has 15 heavy (non-hydrogen) atoms. The number of nitrogens with one attached hydrogen (secondary N) is 1. The van der Waals surface area contributed by atoms with Crippen molar-refractivity contribution in [3.8, 4) is 0 Å². The van der Waals surface area contributed by atoms with Crippen LogP contribution in [0, 0.1) is 0 Å². The van der Waals surface area contributed by atoms with E-state index in [2.05, 4.69) is 37.4 Å². The Labute approximate surface area is 92.9 Å². The summed E-state index contributed by atoms with van der Waals surface area (Å²) in [4.78, 5) is 0. The van der Waals surface area contributed by atoms with Crippen LogP contribution < -0.4 is 5.32 Å². The van der Waals surface area contributed by atoms with Crippen LogP contribution in [-0.4, -0.2) is 15.8 Å². The van der Waals surface area contributed by atoms with Crippen LogP contribution in [-0.2, 0) is 6.54 Å². The van der Waals surface area contributed by atoms with Gasteiger partial charge in [0.1, 0.15) is 0 Å². The monoisotopic (exact) mass is 209 g/mol. The number of nitrogens with zero attached hydrogens (tertiary/aromatic N) is 2. The van der Waals surface area contributed by atoms with Crippen LogP contribution in [0.1, 0.15) is 46.5 Å². The van der Waals surface area contributed by atoms with Gasteiger partial charge in [0.15, 0.2) is 0 Å². The lowest BCUT2D eigenvalue weighted by molar-refractivity contribution is 0.593. The average Bonchev–Trinajstić information content (AvgIpc) is 2.71. The van der Waals surface area contributed by atoms with Gasteiger partial charge < -0.3 is 5.32 Å². The third kappa shape index (κ3) is 3.94. The van der Waals surface area contributed by atoms with Crippen molar-refractivity contribution < 1.29 is 0 Å². The largest absolute Gasteiger partial charge is 0.380 e. The Bertz CT molecular complexity index is 268. The van der Waals surface area contributed by atoms with Crippen LogP contribution in [0.3, 0.4) is 0 Å². The number of unbranched alkanes of at least 4 members (excludes halogenated alkanes) is 1. The van der Waals surface area contributed by atoms with E-state index in [9.17, 15) is 0 Å². The van der Waals surface area contributed by atoms with Gasteiger partial charge in [0.25, 0.3) is 0 Å². The van der Waals surface area contributed by atoms with Crippen molar-refractivity contribution in [2.45, 2.75) is 59.0 Å². The SMILES string of the molecule is CCCC[C@H](CC)Nc1cnn(CC)c1. The molecule has 0 saturated carbocycles. The third-order valence-electron chi connectivity index (χ3n) is 2.73. The highest BCUT2D eigenvalue weighted by atomic mass is 15.3. The highest BCUT2D eigenvalue weighted by molar-refractivity contribution is 5.39. The first-order valence-corrected chi connectivity index (χ1v) is 6.09. The molecule has 1 N–H and O–H groups in total. The molecule has 86 valence electrons. The molecule has 1 aromatic rings. The molecule has 0 amide bonds. The van der Waals surface area contributed by atoms with E-state index in [0.717, 1.165) is 12.2 Å². The van der Waals surface area contributed by atoms with Crippen molar-refractivity contribution in [2.24, 2.45) is 0 Å². The van der Waals surface area contributed by atoms with E-state index in [4.69, 9.17) is 0 Å². The molecule has 0 aliphatic carbocycles. The summed E-state index contributed by atoms with van der Waals surface area (Å²) in [5.74, 6) is 0. The molecule has 1 heterocycles. The second-order valence-corrected chi connectivity index (χ2v) is 3.98. The maximum Gasteiger partial charge on any atom is 0.0728 e. The second kappa shape index (κ2) is 6.49. The minimum Gasteiger partial charge on any atom is -0.380 e. The van der Waals surface area contributed by atoms with Crippen molar-refractivity contribution in [1.82, 2.24) is 9.78 Å². The van der Waals surface area contributed by atoms with Crippen LogP contribution >= 0.6 is 0 Å². The molecule has 0 aliphatic rings. The molecule has 0 bridgehead atoms. The zero-order valence-electron chi connectivity index (χ0n) is 10.2. The Morgan fingerprint density at radius 2 is 2.20 bits per heavy atom. The number of aromatic nitrogens is 2. The van der Waals surface area contributed by atoms with Crippen LogP contribution in [0.2, 0.25) is 0 Å². The summed E-state index contributed by atoms with van der Waals surface area (Å²) in [6, 6.07) is 0.597. The molecular formula is C12H23N3. The highest BCUT2D eigenvalue weighted by Gasteiger charge is 2.06. The normalized spacial score (nSPS) is 12.7. The maximum atomic E-state index is 4.26. The van der Waals surface area contributed by atoms with Gasteiger partial charge in [-0.3, -0.25) is 4.68 Å². The molecule has 0 aliphatic heterocycles. The fourth-order valence-corrected chi connectivity index (χ4v) is 1.68. The lowest BCUT2D eigenvalue weighted by Crippen LogP contribution is -2.17. The van der Waals surface area contributed by atoms with Gasteiger partial charge in [-0.1, -0.05) is 26.7 Å². The van der Waals surface area contributed by atoms with Gasteiger partial charge in [0.05, 0.1) is 11.9 Å². The zero-order chi connectivity index (χ0) is 11.1. The van der Waals surface area contributed by atoms with Gasteiger partial charge in [0.2, 0.25) is 0 Å². The van der Waals surface area contributed by atoms with Gasteiger partial charge in [-0.05, 0) is 19.8 Å². The fourth-order valence-electron chi connectivity index (χ4n) is 1.68. The Kier molecular flexibility index (Phi) is 5.22. The quantitative estimate of drug-likeness (QED) is 0.747. The average molecular weight is 209 g/mol. The summed E-state index contributed by atoms with van der Waals surface area (Å²) in [7, 11) is 0. The van der Waals surface area contributed by atoms with Gasteiger partial charge in [-0.15, -0.1) is 0 Å². The molecule has 0 fully saturated rings. The number of hydrogen-bond donors (Lipinski definition) is 1. The molecule has 0 unspecified atom stereocenters. The van der Waals surface area contributed by atoms with E-state index >= 15 is 0 Å². The molecule has 3 heteroatoms. The van der Waals surface area contributed by atoms with E-state index in [0.29, 0.717) is 6.04 Å². The molecule has 0 radical (unpaired) electrons. The van der Waals surface area contributed by atoms with E-state index in [1.807, 2.05) is 10.9 Å². The summed E-state index contributed by atoms with van der Waals surface area (Å²) in [6.07, 6.45) is 8.99. The lowest BCUT2D eigenvalue weighted by atomic mass is 10.1. The van der Waals surface area contributed by atoms with E-state index < -0.39 is 0 Å². The van der Waals surface area contributed by atoms with Crippen molar-refractivity contribution in [2.75, 3.05) is 5.32 Å². The standard InChI is InChI=1S/C12H23N3/c1-4-7-8-11(5-2)14-12-9-13-15(6-3)10-12/h9-11,14H,4-8H2,1-3H3/t11-/m0/s1. The lowest BCUT2D eigenvalue weighted by Gasteiger charge is -2.16. The Morgan fingerprint density at radius 3 is 2.73 bits per heavy atom. The molecular weight excluding hydrogens is 186 g/mol. The smallest absolute Gasteiger partial charge is 0.0728 e. The van der Waals surface area contributed by atoms with Crippen LogP contribution in [0.25, 0.3) is 0 Å². The first-order valence-electron chi connectivity index (χ1n) is 6.09. The summed E-state index contributed by atoms with van der Waals surface area (Å²) in [5.41, 5.74) is 1.15. The van der Waals surface area contributed by atoms with Gasteiger partial charge in [-0.25, -0.2) is 0 Å². The molecule has 1 rings (SSSR count). The van der Waals surface area contributed by atoms with Gasteiger partial charge >= 0.3 is 0 Å². The Hall–Kier alpha value is -0.990. The van der Waals surface area contributed by atoms with Crippen LogP contribution in [0.5, 0.6) is 0 Å². The summed E-state index contributed by atoms with van der Waals surface area (Å²) in [6.45, 7) is 7.51. The minimum atomic E-state index is 0.597. The molecule has 0 saturated heterocycles. The molecule has 0 spiro atoms. The van der Waals surface area contributed by atoms with E-state index in [1.165, 1.54) is 25.7 Å². The van der Waals surface area contributed by atoms with Crippen molar-refractivity contribution in [3.63, 3.8) is 0 Å². The highest BCUT2D eigenvalue weighted by Crippen LogP contribution is 2.12. The third-order valence-corrected chi connectivity index (χ3v) is 2.73. The molecule has 3 nitrogen and oxygen atoms in total. The van der Waals surface area contributed by atoms with Gasteiger partial charge in [0, 0.05) is 18.8 Å². The first kappa shape index (κ1) is 12.1. The number of rotatable bonds is 7. The van der Waals surface area contributed by atoms with E-state index in [1.54, 1.807) is 0 Å². The van der Waals surface area contributed by atoms with Crippen molar-refractivity contribution in [1.29, 1.82) is 0 Å². The number of hydrogen-bond acceptors (Lipinski definition) is 2. The molecule has 0 aromatic carbocycles. The first-order chi connectivity index (χ1) is 7.30. The summed E-state index contributed by atoms with van der Waals surface area (Å²) in [5, 5.41) is 7.79. The fraction of sp³-hybridized carbons (Fsp3) is 0.750. The number of anilines is 1. The minimum absolute atomic E-state index is 0.597. The van der Waals surface area contributed by atoms with Crippen LogP contribution in [0.4, 0.5) is 5.69 Å². The number of aryl methyl sites for hydroxylation is 1. The Morgan fingerprint density at radius 1 is 1.40 bits per heavy atom. The predicted molar refractivity (Wildman–Crippen MR) is 65.1 cm³/mol. The van der Waals surface area contributed by atoms with Crippen molar-refractivity contribution in [3.05, 3.63) is 12.4 Å². The topological polar surface area (TPSA) is 29.9 Å². The summed E-state index contributed by atoms with van der Waals surface area (Å²) >= 11 is 0. The molecule has 1 atom stereocenters.